The summed E-state index contributed by atoms with van der Waals surface area (Å²) >= 11 is 2.02. The summed E-state index contributed by atoms with van der Waals surface area (Å²) in [5, 5.41) is 11.9. The molecule has 0 fully saturated rings. The van der Waals surface area contributed by atoms with Crippen molar-refractivity contribution in [1.29, 1.82) is 0 Å². The van der Waals surface area contributed by atoms with Gasteiger partial charge in [-0.3, -0.25) is 4.79 Å². The first-order valence-corrected chi connectivity index (χ1v) is 7.36. The minimum Gasteiger partial charge on any atom is -0.480 e. The summed E-state index contributed by atoms with van der Waals surface area (Å²) in [4.78, 5) is 23.0. The quantitative estimate of drug-likeness (QED) is 0.731. The van der Waals surface area contributed by atoms with Gasteiger partial charge in [0.2, 0.25) is 0 Å². The first-order valence-electron chi connectivity index (χ1n) is 6.28. The summed E-state index contributed by atoms with van der Waals surface area (Å²) in [6.07, 6.45) is -0.744. The summed E-state index contributed by atoms with van der Waals surface area (Å²) < 4.78 is 6.26. The Hall–Kier alpha value is -1.31. The normalized spacial score (nSPS) is 12.1. The number of carbonyl (C=O) groups excluding carboxylic acids is 1. The molecule has 1 aromatic carbocycles. The number of halogens is 1. The lowest BCUT2D eigenvalue weighted by Gasteiger charge is -2.17. The second-order valence-electron chi connectivity index (χ2n) is 4.84. The molecule has 0 heterocycles. The third kappa shape index (κ3) is 4.99. The Bertz CT molecular complexity index is 502. The van der Waals surface area contributed by atoms with Crippen LogP contribution >= 0.6 is 22.6 Å². The maximum atomic E-state index is 11.8. The van der Waals surface area contributed by atoms with Crippen molar-refractivity contribution >= 4 is 34.5 Å². The van der Waals surface area contributed by atoms with Gasteiger partial charge in [-0.2, -0.15) is 0 Å². The maximum Gasteiger partial charge on any atom is 0.339 e. The first kappa shape index (κ1) is 16.7. The van der Waals surface area contributed by atoms with Crippen molar-refractivity contribution in [3.05, 3.63) is 27.3 Å². The second-order valence-corrected chi connectivity index (χ2v) is 6.09. The summed E-state index contributed by atoms with van der Waals surface area (Å²) in [7, 11) is 0. The zero-order valence-corrected chi connectivity index (χ0v) is 13.8. The Morgan fingerprint density at radius 1 is 1.35 bits per heavy atom. The van der Waals surface area contributed by atoms with Gasteiger partial charge in [0.15, 0.2) is 6.10 Å². The van der Waals surface area contributed by atoms with E-state index in [0.717, 1.165) is 3.57 Å². The van der Waals surface area contributed by atoms with Crippen LogP contribution in [0.15, 0.2) is 18.2 Å². The molecule has 0 aliphatic carbocycles. The number of carbonyl (C=O) groups is 2. The first-order chi connectivity index (χ1) is 9.31. The SMILES string of the molecule is CC(C)CNC(=O)C(C)Oc1ccc(I)cc1C(=O)O. The van der Waals surface area contributed by atoms with E-state index < -0.39 is 12.1 Å². The van der Waals surface area contributed by atoms with E-state index in [1.807, 2.05) is 36.4 Å². The minimum absolute atomic E-state index is 0.0559. The van der Waals surface area contributed by atoms with Gasteiger partial charge >= 0.3 is 5.97 Å². The highest BCUT2D eigenvalue weighted by molar-refractivity contribution is 14.1. The van der Waals surface area contributed by atoms with Gasteiger partial charge in [-0.1, -0.05) is 13.8 Å². The molecule has 2 N–H and O–H groups in total. The van der Waals surface area contributed by atoms with Gasteiger partial charge in [-0.15, -0.1) is 0 Å². The number of ether oxygens (including phenoxy) is 1. The molecule has 110 valence electrons. The lowest BCUT2D eigenvalue weighted by molar-refractivity contribution is -0.127. The smallest absolute Gasteiger partial charge is 0.339 e. The van der Waals surface area contributed by atoms with Gasteiger partial charge in [-0.25, -0.2) is 4.79 Å². The Morgan fingerprint density at radius 3 is 2.55 bits per heavy atom. The fourth-order valence-electron chi connectivity index (χ4n) is 1.46. The van der Waals surface area contributed by atoms with Crippen LogP contribution in [0.25, 0.3) is 0 Å². The minimum atomic E-state index is -1.08. The Morgan fingerprint density at radius 2 is 2.00 bits per heavy atom. The molecule has 1 amide bonds. The van der Waals surface area contributed by atoms with Gasteiger partial charge in [-0.05, 0) is 53.6 Å². The average molecular weight is 391 g/mol. The molecule has 1 atom stereocenters. The van der Waals surface area contributed by atoms with Crippen molar-refractivity contribution < 1.29 is 19.4 Å². The van der Waals surface area contributed by atoms with Crippen molar-refractivity contribution in [3.63, 3.8) is 0 Å². The summed E-state index contributed by atoms with van der Waals surface area (Å²) in [5.74, 6) is -0.786. The van der Waals surface area contributed by atoms with Crippen LogP contribution in [0.4, 0.5) is 0 Å². The van der Waals surface area contributed by atoms with Crippen LogP contribution in [0, 0.1) is 9.49 Å². The van der Waals surface area contributed by atoms with Crippen molar-refractivity contribution in [2.24, 2.45) is 5.92 Å². The van der Waals surface area contributed by atoms with E-state index in [9.17, 15) is 9.59 Å². The molecule has 0 aliphatic rings. The molecule has 5 nitrogen and oxygen atoms in total. The summed E-state index contributed by atoms with van der Waals surface area (Å²) in [6, 6.07) is 4.81. The zero-order valence-electron chi connectivity index (χ0n) is 11.6. The highest BCUT2D eigenvalue weighted by Crippen LogP contribution is 2.22. The molecule has 0 aromatic heterocycles. The van der Waals surface area contributed by atoms with E-state index in [2.05, 4.69) is 5.32 Å². The average Bonchev–Trinajstić information content (AvgIpc) is 2.37. The molecule has 0 spiro atoms. The Balaban J connectivity index is 2.77. The van der Waals surface area contributed by atoms with Crippen LogP contribution in [0.3, 0.4) is 0 Å². The molecule has 6 heteroatoms. The monoisotopic (exact) mass is 391 g/mol. The van der Waals surface area contributed by atoms with E-state index >= 15 is 0 Å². The van der Waals surface area contributed by atoms with Crippen molar-refractivity contribution in [2.75, 3.05) is 6.54 Å². The van der Waals surface area contributed by atoms with E-state index in [-0.39, 0.29) is 17.2 Å². The van der Waals surface area contributed by atoms with Crippen LogP contribution < -0.4 is 10.1 Å². The number of nitrogens with one attached hydrogen (secondary N) is 1. The zero-order chi connectivity index (χ0) is 15.3. The van der Waals surface area contributed by atoms with Crippen molar-refractivity contribution in [1.82, 2.24) is 5.32 Å². The van der Waals surface area contributed by atoms with E-state index in [1.54, 1.807) is 19.1 Å². The predicted molar refractivity (Wildman–Crippen MR) is 84.1 cm³/mol. The topological polar surface area (TPSA) is 75.6 Å². The highest BCUT2D eigenvalue weighted by Gasteiger charge is 2.19. The van der Waals surface area contributed by atoms with Crippen molar-refractivity contribution in [3.8, 4) is 5.75 Å². The third-order valence-corrected chi connectivity index (χ3v) is 3.20. The second kappa shape index (κ2) is 7.47. The lowest BCUT2D eigenvalue weighted by Crippen LogP contribution is -2.38. The maximum absolute atomic E-state index is 11.8. The third-order valence-electron chi connectivity index (χ3n) is 2.53. The highest BCUT2D eigenvalue weighted by atomic mass is 127. The molecule has 1 unspecified atom stereocenters. The molecule has 0 saturated carbocycles. The van der Waals surface area contributed by atoms with Crippen LogP contribution in [0.2, 0.25) is 0 Å². The summed E-state index contributed by atoms with van der Waals surface area (Å²) in [5.41, 5.74) is 0.0559. The number of carboxylic acids is 1. The fourth-order valence-corrected chi connectivity index (χ4v) is 1.96. The Labute approximate surface area is 131 Å². The number of aromatic carboxylic acids is 1. The lowest BCUT2D eigenvalue weighted by atomic mass is 10.2. The van der Waals surface area contributed by atoms with E-state index in [4.69, 9.17) is 9.84 Å². The number of amides is 1. The van der Waals surface area contributed by atoms with Crippen LogP contribution in [0.5, 0.6) is 5.75 Å². The molecule has 1 rings (SSSR count). The number of rotatable bonds is 6. The van der Waals surface area contributed by atoms with E-state index in [1.165, 1.54) is 6.07 Å². The predicted octanol–water partition coefficient (Wildman–Crippen LogP) is 2.53. The molecule has 20 heavy (non-hydrogen) atoms. The van der Waals surface area contributed by atoms with Gasteiger partial charge < -0.3 is 15.2 Å². The molecular weight excluding hydrogens is 373 g/mol. The van der Waals surface area contributed by atoms with Gasteiger partial charge in [0.05, 0.1) is 0 Å². The van der Waals surface area contributed by atoms with Crippen molar-refractivity contribution in [2.45, 2.75) is 26.9 Å². The molecular formula is C14H18INO4. The van der Waals surface area contributed by atoms with Crippen LogP contribution in [0.1, 0.15) is 31.1 Å². The Kier molecular flexibility index (Phi) is 6.25. The standard InChI is InChI=1S/C14H18INO4/c1-8(2)7-16-13(17)9(3)20-12-5-4-10(15)6-11(12)14(18)19/h4-6,8-9H,7H2,1-3H3,(H,16,17)(H,18,19). The largest absolute Gasteiger partial charge is 0.480 e. The summed E-state index contributed by atoms with van der Waals surface area (Å²) in [6.45, 7) is 6.14. The molecule has 1 aromatic rings. The number of hydrogen-bond donors (Lipinski definition) is 2. The molecule has 0 radical (unpaired) electrons. The number of benzene rings is 1. The van der Waals surface area contributed by atoms with Crippen LogP contribution in [-0.2, 0) is 4.79 Å². The van der Waals surface area contributed by atoms with E-state index in [0.29, 0.717) is 12.5 Å². The molecule has 0 saturated heterocycles. The van der Waals surface area contributed by atoms with Gasteiger partial charge in [0.25, 0.3) is 5.91 Å². The van der Waals surface area contributed by atoms with Crippen LogP contribution in [-0.4, -0.2) is 29.6 Å². The van der Waals surface area contributed by atoms with Gasteiger partial charge in [0.1, 0.15) is 11.3 Å². The fraction of sp³-hybridized carbons (Fsp3) is 0.429. The molecule has 0 aliphatic heterocycles. The number of hydrogen-bond acceptors (Lipinski definition) is 3. The molecule has 0 bridgehead atoms. The van der Waals surface area contributed by atoms with Gasteiger partial charge in [0, 0.05) is 10.1 Å². The number of carboxylic acid groups (broad SMARTS) is 1.